The van der Waals surface area contributed by atoms with Gasteiger partial charge in [0.1, 0.15) is 0 Å². The van der Waals surface area contributed by atoms with Crippen molar-refractivity contribution in [1.29, 1.82) is 0 Å². The molecule has 0 fully saturated rings. The van der Waals surface area contributed by atoms with Gasteiger partial charge in [-0.1, -0.05) is 64.6 Å². The number of aliphatic hydroxyl groups excluding tert-OH is 1. The molecule has 2 aromatic carbocycles. The second kappa shape index (κ2) is 8.81. The zero-order valence-corrected chi connectivity index (χ0v) is 18.8. The molecule has 2 heterocycles. The number of rotatable bonds is 4. The Morgan fingerprint density at radius 2 is 1.59 bits per heavy atom. The van der Waals surface area contributed by atoms with Gasteiger partial charge in [0.25, 0.3) is 0 Å². The third-order valence-corrected chi connectivity index (χ3v) is 6.92. The molecule has 0 saturated heterocycles. The van der Waals surface area contributed by atoms with E-state index < -0.39 is 6.10 Å². The van der Waals surface area contributed by atoms with Crippen LogP contribution in [0, 0.1) is 5.92 Å². The van der Waals surface area contributed by atoms with Crippen LogP contribution in [-0.4, -0.2) is 17.9 Å². The molecular formula is C22H15Cl4NOS. The van der Waals surface area contributed by atoms with Crippen molar-refractivity contribution in [2.75, 3.05) is 6.54 Å². The molecule has 2 atom stereocenters. The highest BCUT2D eigenvalue weighted by Crippen LogP contribution is 2.47. The molecule has 1 aliphatic heterocycles. The molecule has 0 bridgehead atoms. The maximum atomic E-state index is 11.4. The molecular weight excluding hydrogens is 468 g/mol. The van der Waals surface area contributed by atoms with Gasteiger partial charge in [0.15, 0.2) is 0 Å². The first-order valence-electron chi connectivity index (χ1n) is 8.82. The van der Waals surface area contributed by atoms with Crippen molar-refractivity contribution in [2.45, 2.75) is 6.10 Å². The highest BCUT2D eigenvalue weighted by Gasteiger charge is 2.28. The quantitative estimate of drug-likeness (QED) is 0.401. The van der Waals surface area contributed by atoms with Crippen LogP contribution in [0.1, 0.15) is 11.7 Å². The summed E-state index contributed by atoms with van der Waals surface area (Å²) in [6.07, 6.45) is 4.78. The highest BCUT2D eigenvalue weighted by atomic mass is 35.5. The molecule has 0 spiro atoms. The highest BCUT2D eigenvalue weighted by molar-refractivity contribution is 7.14. The van der Waals surface area contributed by atoms with E-state index in [-0.39, 0.29) is 5.92 Å². The lowest BCUT2D eigenvalue weighted by Gasteiger charge is -2.23. The van der Waals surface area contributed by atoms with Crippen LogP contribution < -0.4 is 0 Å². The maximum Gasteiger partial charge on any atom is 0.0890 e. The summed E-state index contributed by atoms with van der Waals surface area (Å²) in [4.78, 5) is 5.18. The van der Waals surface area contributed by atoms with E-state index in [0.29, 0.717) is 26.6 Å². The molecule has 3 aromatic rings. The van der Waals surface area contributed by atoms with Crippen molar-refractivity contribution in [3.05, 3.63) is 79.6 Å². The molecule has 0 aliphatic carbocycles. The molecule has 0 radical (unpaired) electrons. The number of benzene rings is 2. The normalized spacial score (nSPS) is 16.9. The van der Waals surface area contributed by atoms with Crippen molar-refractivity contribution in [1.82, 2.24) is 0 Å². The molecule has 4 rings (SSSR count). The average Bonchev–Trinajstić information content (AvgIpc) is 3.12. The van der Waals surface area contributed by atoms with E-state index in [1.165, 1.54) is 11.3 Å². The topological polar surface area (TPSA) is 32.6 Å². The van der Waals surface area contributed by atoms with Crippen LogP contribution in [0.4, 0.5) is 0 Å². The number of dihydropyridines is 1. The van der Waals surface area contributed by atoms with Crippen molar-refractivity contribution >= 4 is 64.0 Å². The Hall–Kier alpha value is -1.33. The number of halogens is 4. The lowest BCUT2D eigenvalue weighted by molar-refractivity contribution is 0.136. The van der Waals surface area contributed by atoms with Crippen LogP contribution in [0.5, 0.6) is 0 Å². The van der Waals surface area contributed by atoms with E-state index in [2.05, 4.69) is 4.99 Å². The first kappa shape index (κ1) is 20.9. The van der Waals surface area contributed by atoms with E-state index in [4.69, 9.17) is 46.4 Å². The summed E-state index contributed by atoms with van der Waals surface area (Å²) >= 11 is 26.7. The van der Waals surface area contributed by atoms with Crippen LogP contribution in [0.3, 0.4) is 0 Å². The van der Waals surface area contributed by atoms with Crippen LogP contribution in [0.15, 0.2) is 58.9 Å². The standard InChI is InChI=1S/C22H15Cl4NOS/c23-13-3-5-15(18(25)8-13)17-11-29-22(16-6-4-14(24)9-19(16)26)20(17)21(28)12-2-1-7-27-10-12/h1-9,11-12,21,28H,10H2. The first-order valence-corrected chi connectivity index (χ1v) is 11.2. The fraction of sp³-hybridized carbons (Fsp3) is 0.136. The molecule has 0 amide bonds. The molecule has 1 aromatic heterocycles. The second-order valence-electron chi connectivity index (χ2n) is 6.65. The number of aliphatic imine (C=N–C) groups is 1. The smallest absolute Gasteiger partial charge is 0.0890 e. The van der Waals surface area contributed by atoms with Gasteiger partial charge >= 0.3 is 0 Å². The Morgan fingerprint density at radius 1 is 0.931 bits per heavy atom. The zero-order valence-electron chi connectivity index (χ0n) is 14.9. The Labute approximate surface area is 193 Å². The van der Waals surface area contributed by atoms with Crippen molar-refractivity contribution in [3.8, 4) is 21.6 Å². The number of allylic oxidation sites excluding steroid dienone is 1. The number of nitrogens with zero attached hydrogens (tertiary/aromatic N) is 1. The minimum Gasteiger partial charge on any atom is -0.388 e. The third kappa shape index (κ3) is 4.27. The molecule has 2 unspecified atom stereocenters. The van der Waals surface area contributed by atoms with Crippen LogP contribution >= 0.6 is 57.7 Å². The van der Waals surface area contributed by atoms with Crippen LogP contribution in [0.25, 0.3) is 21.6 Å². The van der Waals surface area contributed by atoms with Crippen molar-refractivity contribution < 1.29 is 5.11 Å². The van der Waals surface area contributed by atoms with E-state index in [1.54, 1.807) is 30.5 Å². The Balaban J connectivity index is 1.91. The molecule has 29 heavy (non-hydrogen) atoms. The molecule has 1 aliphatic rings. The molecule has 1 N–H and O–H groups in total. The van der Waals surface area contributed by atoms with E-state index in [1.807, 2.05) is 29.7 Å². The van der Waals surface area contributed by atoms with Gasteiger partial charge in [0.2, 0.25) is 0 Å². The summed E-state index contributed by atoms with van der Waals surface area (Å²) in [5, 5.41) is 15.5. The Bertz CT molecular complexity index is 1050. The first-order chi connectivity index (χ1) is 14.0. The minimum atomic E-state index is -0.779. The Kier molecular flexibility index (Phi) is 6.35. The predicted molar refractivity (Wildman–Crippen MR) is 126 cm³/mol. The summed E-state index contributed by atoms with van der Waals surface area (Å²) in [7, 11) is 0. The Morgan fingerprint density at radius 3 is 2.17 bits per heavy atom. The lowest BCUT2D eigenvalue weighted by atomic mass is 9.88. The van der Waals surface area contributed by atoms with Gasteiger partial charge in [-0.3, -0.25) is 4.99 Å². The summed E-state index contributed by atoms with van der Waals surface area (Å²) in [5.74, 6) is -0.149. The number of thiophene rings is 1. The minimum absolute atomic E-state index is 0.149. The fourth-order valence-corrected chi connectivity index (χ4v) is 5.60. The van der Waals surface area contributed by atoms with Crippen molar-refractivity contribution in [3.63, 3.8) is 0 Å². The zero-order chi connectivity index (χ0) is 20.5. The van der Waals surface area contributed by atoms with Crippen molar-refractivity contribution in [2.24, 2.45) is 10.9 Å². The number of hydrogen-bond acceptors (Lipinski definition) is 3. The van der Waals surface area contributed by atoms with E-state index in [0.717, 1.165) is 27.1 Å². The molecule has 0 saturated carbocycles. The van der Waals surface area contributed by atoms with Gasteiger partial charge in [0, 0.05) is 60.9 Å². The van der Waals surface area contributed by atoms with Crippen LogP contribution in [-0.2, 0) is 0 Å². The van der Waals surface area contributed by atoms with Gasteiger partial charge in [-0.15, -0.1) is 11.3 Å². The third-order valence-electron chi connectivity index (χ3n) is 4.79. The number of aliphatic hydroxyl groups is 1. The van der Waals surface area contributed by atoms with Crippen LogP contribution in [0.2, 0.25) is 20.1 Å². The lowest BCUT2D eigenvalue weighted by Crippen LogP contribution is -2.16. The van der Waals surface area contributed by atoms with Gasteiger partial charge in [-0.25, -0.2) is 0 Å². The molecule has 7 heteroatoms. The SMILES string of the molecule is OC(c1c(-c2ccc(Cl)cc2Cl)csc1-c1ccc(Cl)cc1Cl)C1C=CC=NC1. The second-order valence-corrected chi connectivity index (χ2v) is 9.22. The number of hydrogen-bond donors (Lipinski definition) is 1. The fourth-order valence-electron chi connectivity index (χ4n) is 3.38. The summed E-state index contributed by atoms with van der Waals surface area (Å²) < 4.78 is 0. The van der Waals surface area contributed by atoms with Gasteiger partial charge in [0.05, 0.1) is 11.1 Å². The van der Waals surface area contributed by atoms with Gasteiger partial charge in [-0.05, 0) is 35.7 Å². The summed E-state index contributed by atoms with van der Waals surface area (Å²) in [6.45, 7) is 0.509. The van der Waals surface area contributed by atoms with Gasteiger partial charge in [-0.2, -0.15) is 0 Å². The van der Waals surface area contributed by atoms with E-state index in [9.17, 15) is 5.11 Å². The largest absolute Gasteiger partial charge is 0.388 e. The summed E-state index contributed by atoms with van der Waals surface area (Å²) in [6, 6.07) is 10.7. The molecule has 148 valence electrons. The molecule has 2 nitrogen and oxygen atoms in total. The predicted octanol–water partition coefficient (Wildman–Crippen LogP) is 7.99. The average molecular weight is 483 g/mol. The summed E-state index contributed by atoms with van der Waals surface area (Å²) in [5.41, 5.74) is 3.25. The monoisotopic (exact) mass is 481 g/mol. The van der Waals surface area contributed by atoms with Gasteiger partial charge < -0.3 is 5.11 Å². The van der Waals surface area contributed by atoms with E-state index >= 15 is 0 Å². The maximum absolute atomic E-state index is 11.4.